The highest BCUT2D eigenvalue weighted by Gasteiger charge is 2.34. The Kier molecular flexibility index (Phi) is 12.8. The molecule has 0 aliphatic carbocycles. The van der Waals surface area contributed by atoms with Gasteiger partial charge in [0.05, 0.1) is 37.6 Å². The van der Waals surface area contributed by atoms with Gasteiger partial charge < -0.3 is 35.0 Å². The molecule has 0 unspecified atom stereocenters. The van der Waals surface area contributed by atoms with Gasteiger partial charge in [0.1, 0.15) is 34.6 Å². The van der Waals surface area contributed by atoms with E-state index in [0.717, 1.165) is 15.4 Å². The molecule has 0 bridgehead atoms. The van der Waals surface area contributed by atoms with Gasteiger partial charge in [0.25, 0.3) is 6.43 Å². The van der Waals surface area contributed by atoms with Gasteiger partial charge in [0, 0.05) is 55.9 Å². The molecule has 4 amide bonds. The highest BCUT2D eigenvalue weighted by atomic mass is 32.1. The number of thiophene rings is 1. The first-order valence-electron chi connectivity index (χ1n) is 16.1. The van der Waals surface area contributed by atoms with Gasteiger partial charge in [0.2, 0.25) is 11.8 Å². The van der Waals surface area contributed by atoms with Gasteiger partial charge in [0.15, 0.2) is 0 Å². The fourth-order valence-corrected chi connectivity index (χ4v) is 6.63. The van der Waals surface area contributed by atoms with Crippen molar-refractivity contribution in [3.8, 4) is 10.4 Å². The highest BCUT2D eigenvalue weighted by molar-refractivity contribution is 7.80. The molecule has 3 fully saturated rings. The molecule has 3 N–H and O–H groups in total. The molecule has 0 saturated carbocycles. The maximum atomic E-state index is 14.7. The minimum absolute atomic E-state index is 0.0666. The Bertz CT molecular complexity index is 1760. The van der Waals surface area contributed by atoms with E-state index in [-0.39, 0.29) is 42.8 Å². The molecule has 14 nitrogen and oxygen atoms in total. The molecule has 3 aliphatic rings. The molecule has 6 rings (SSSR count). The Labute approximate surface area is 306 Å². The number of aliphatic hydroxyl groups excluding tert-OH is 1. The first kappa shape index (κ1) is 38.2. The number of benzene rings is 1. The maximum absolute atomic E-state index is 14.7. The van der Waals surface area contributed by atoms with Crippen molar-refractivity contribution in [2.75, 3.05) is 73.7 Å². The zero-order valence-electron chi connectivity index (χ0n) is 27.9. The van der Waals surface area contributed by atoms with Crippen molar-refractivity contribution >= 4 is 68.9 Å². The fraction of sp³-hybridized carbons (Fsp3) is 0.394. The number of alkyl halides is 2. The van der Waals surface area contributed by atoms with Crippen LogP contribution in [0.3, 0.4) is 0 Å². The molecule has 3 saturated heterocycles. The lowest BCUT2D eigenvalue weighted by Gasteiger charge is -2.36. The van der Waals surface area contributed by atoms with Crippen molar-refractivity contribution in [1.29, 1.82) is 0 Å². The minimum atomic E-state index is -2.79. The number of aromatic nitrogens is 1. The molecule has 19 heteroatoms. The molecule has 0 spiro atoms. The van der Waals surface area contributed by atoms with E-state index < -0.39 is 36.0 Å². The summed E-state index contributed by atoms with van der Waals surface area (Å²) in [5, 5.41) is 14.8. The van der Waals surface area contributed by atoms with Gasteiger partial charge in [-0.2, -0.15) is 0 Å². The molecule has 5 heterocycles. The van der Waals surface area contributed by atoms with Crippen molar-refractivity contribution in [2.24, 2.45) is 0 Å². The van der Waals surface area contributed by atoms with E-state index in [0.29, 0.717) is 45.0 Å². The van der Waals surface area contributed by atoms with Crippen LogP contribution in [0.25, 0.3) is 10.4 Å². The number of anilines is 3. The number of hydrogen-bond donors (Lipinski definition) is 3. The first-order chi connectivity index (χ1) is 24.9. The van der Waals surface area contributed by atoms with Crippen LogP contribution >= 0.6 is 23.6 Å². The number of amides is 4. The lowest BCUT2D eigenvalue weighted by Crippen LogP contribution is -2.49. The van der Waals surface area contributed by atoms with Gasteiger partial charge >= 0.3 is 12.2 Å². The summed E-state index contributed by atoms with van der Waals surface area (Å²) in [6, 6.07) is 12.0. The number of nitrogens with one attached hydrogen (secondary N) is 2. The molecule has 2 atom stereocenters. The predicted octanol–water partition coefficient (Wildman–Crippen LogP) is 3.25. The summed E-state index contributed by atoms with van der Waals surface area (Å²) in [5.74, 6) is -1.04. The third kappa shape index (κ3) is 9.65. The summed E-state index contributed by atoms with van der Waals surface area (Å²) in [4.78, 5) is 57.1. The fourth-order valence-electron chi connectivity index (χ4n) is 5.55. The van der Waals surface area contributed by atoms with Crippen molar-refractivity contribution in [1.82, 2.24) is 20.5 Å². The second kappa shape index (κ2) is 17.5. The molecule has 278 valence electrons. The predicted molar refractivity (Wildman–Crippen MR) is 190 cm³/mol. The average molecular weight is 764 g/mol. The molecule has 3 aromatic rings. The average Bonchev–Trinajstić information content (AvgIpc) is 3.88. The Morgan fingerprint density at radius 2 is 1.67 bits per heavy atom. The normalized spacial score (nSPS) is 18.5. The molecule has 3 aliphatic heterocycles. The lowest BCUT2D eigenvalue weighted by atomic mass is 10.2. The van der Waals surface area contributed by atoms with E-state index in [1.54, 1.807) is 34.3 Å². The highest BCUT2D eigenvalue weighted by Crippen LogP contribution is 2.35. The molecule has 52 heavy (non-hydrogen) atoms. The molecular formula is C33H36F3N7O7S2. The van der Waals surface area contributed by atoms with Crippen LogP contribution in [0.5, 0.6) is 0 Å². The maximum Gasteiger partial charge on any atom is 0.415 e. The number of carbonyl (C=O) groups excluding carboxylic acids is 4. The van der Waals surface area contributed by atoms with Crippen LogP contribution in [0.15, 0.2) is 54.9 Å². The van der Waals surface area contributed by atoms with Gasteiger partial charge in [-0.05, 0) is 36.4 Å². The monoisotopic (exact) mass is 763 g/mol. The number of ether oxygens (including phenoxy) is 2. The molecule has 0 radical (unpaired) electrons. The summed E-state index contributed by atoms with van der Waals surface area (Å²) in [5.41, 5.74) is 1.64. The summed E-state index contributed by atoms with van der Waals surface area (Å²) >= 11 is 5.99. The van der Waals surface area contributed by atoms with Gasteiger partial charge in [-0.1, -0.05) is 18.3 Å². The lowest BCUT2D eigenvalue weighted by molar-refractivity contribution is -0.134. The van der Waals surface area contributed by atoms with Crippen molar-refractivity contribution < 1.29 is 46.9 Å². The van der Waals surface area contributed by atoms with Crippen LogP contribution in [-0.2, 0) is 19.1 Å². The smallest absolute Gasteiger partial charge is 0.415 e. The van der Waals surface area contributed by atoms with Crippen LogP contribution in [0.2, 0.25) is 0 Å². The second-order valence-electron chi connectivity index (χ2n) is 11.8. The van der Waals surface area contributed by atoms with E-state index in [9.17, 15) is 32.3 Å². The Morgan fingerprint density at radius 3 is 2.29 bits per heavy atom. The van der Waals surface area contributed by atoms with Crippen LogP contribution in [0.1, 0.15) is 6.92 Å². The SMILES string of the molecule is CC(=O)NC[C@H]1CN(c2ccc(-c3cccnc3)s2)C(=O)O1.O=C(CO)N1CCN(c2ccc(N3C[C@H](CNC(=S)C(F)F)OC3=O)cc2F)CC1. The summed E-state index contributed by atoms with van der Waals surface area (Å²) in [6.45, 7) is 3.21. The number of carbonyl (C=O) groups is 4. The molecule has 1 aromatic carbocycles. The Morgan fingerprint density at radius 1 is 1.00 bits per heavy atom. The quantitative estimate of drug-likeness (QED) is 0.261. The zero-order valence-corrected chi connectivity index (χ0v) is 29.5. The topological polar surface area (TPSA) is 157 Å². The Balaban J connectivity index is 0.000000210. The van der Waals surface area contributed by atoms with Crippen molar-refractivity contribution in [3.05, 3.63) is 60.7 Å². The van der Waals surface area contributed by atoms with E-state index in [1.165, 1.54) is 34.1 Å². The number of rotatable bonds is 10. The van der Waals surface area contributed by atoms with Crippen LogP contribution in [0.4, 0.5) is 39.1 Å². The summed E-state index contributed by atoms with van der Waals surface area (Å²) < 4.78 is 50.0. The van der Waals surface area contributed by atoms with E-state index in [2.05, 4.69) is 27.8 Å². The zero-order chi connectivity index (χ0) is 37.4. The number of pyridine rings is 1. The number of aliphatic hydroxyl groups is 1. The number of hydrogen-bond acceptors (Lipinski definition) is 11. The Hall–Kier alpha value is -5.01. The van der Waals surface area contributed by atoms with Crippen LogP contribution < -0.4 is 25.3 Å². The largest absolute Gasteiger partial charge is 0.442 e. The number of halogens is 3. The number of cyclic esters (lactones) is 2. The van der Waals surface area contributed by atoms with Crippen LogP contribution in [-0.4, -0.2) is 122 Å². The standard InChI is InChI=1S/C18H21F3N4O4S.C15H15N3O3S/c19-13-7-11(25-9-12(29-18(25)28)8-22-17(30)16(20)21)1-2-14(13)23-3-5-24(6-4-23)15(27)10-26;1-10(19)17-8-12-9-18(15(20)21-12)14-5-4-13(22-14)11-3-2-6-16-7-11/h1-2,7,12,16,26H,3-6,8-10H2,(H,22,30);2-7,12H,8-9H2,1H3,(H,17,19)/t2*12-/m00/s1. The summed E-state index contributed by atoms with van der Waals surface area (Å²) in [6.07, 6.45) is -1.38. The van der Waals surface area contributed by atoms with Crippen molar-refractivity contribution in [3.63, 3.8) is 0 Å². The minimum Gasteiger partial charge on any atom is -0.442 e. The van der Waals surface area contributed by atoms with E-state index >= 15 is 0 Å². The van der Waals surface area contributed by atoms with Gasteiger partial charge in [-0.15, -0.1) is 11.3 Å². The van der Waals surface area contributed by atoms with E-state index in [1.807, 2.05) is 24.3 Å². The number of piperazine rings is 1. The number of nitrogens with zero attached hydrogens (tertiary/aromatic N) is 5. The molecular weight excluding hydrogens is 728 g/mol. The summed E-state index contributed by atoms with van der Waals surface area (Å²) in [7, 11) is 0. The third-order valence-corrected chi connectivity index (χ3v) is 9.66. The third-order valence-electron chi connectivity index (χ3n) is 8.18. The van der Waals surface area contributed by atoms with Crippen LogP contribution in [0, 0.1) is 5.82 Å². The number of thiocarbonyl (C=S) groups is 1. The van der Waals surface area contributed by atoms with E-state index in [4.69, 9.17) is 14.6 Å². The van der Waals surface area contributed by atoms with Gasteiger partial charge in [-0.3, -0.25) is 24.4 Å². The van der Waals surface area contributed by atoms with Crippen molar-refractivity contribution in [2.45, 2.75) is 25.6 Å². The first-order valence-corrected chi connectivity index (χ1v) is 17.4. The molecule has 2 aromatic heterocycles. The second-order valence-corrected chi connectivity index (χ2v) is 13.3. The van der Waals surface area contributed by atoms with Gasteiger partial charge in [-0.25, -0.2) is 22.8 Å².